The lowest BCUT2D eigenvalue weighted by molar-refractivity contribution is -0.133. The zero-order chi connectivity index (χ0) is 24.7. The maximum Gasteiger partial charge on any atom is 0.331 e. The molecule has 1 aliphatic carbocycles. The molecule has 0 saturated heterocycles. The molecule has 1 aliphatic rings. The number of aliphatic carboxylic acids is 1. The summed E-state index contributed by atoms with van der Waals surface area (Å²) >= 11 is 1.64. The molecular formula is C26H34N2O5S. The van der Waals surface area contributed by atoms with Crippen molar-refractivity contribution in [2.75, 3.05) is 7.11 Å². The van der Waals surface area contributed by atoms with Gasteiger partial charge < -0.3 is 25.2 Å². The first-order chi connectivity index (χ1) is 16.4. The lowest BCUT2D eigenvalue weighted by atomic mass is 9.87. The SMILES string of the molecule is CCC(CC)O[C@@H]1C=C(C(=O)O)C[C@H](NCc2ccc(-c3ccsc3)cc2OC)[C@H]1NC(C)=O. The molecule has 3 N–H and O–H groups in total. The Balaban J connectivity index is 1.83. The number of carbonyl (C=O) groups excluding carboxylic acids is 1. The summed E-state index contributed by atoms with van der Waals surface area (Å²) in [5, 5.41) is 20.3. The van der Waals surface area contributed by atoms with Crippen molar-refractivity contribution in [1.82, 2.24) is 10.6 Å². The van der Waals surface area contributed by atoms with Gasteiger partial charge in [-0.25, -0.2) is 4.79 Å². The van der Waals surface area contributed by atoms with E-state index in [0.717, 1.165) is 35.3 Å². The second kappa shape index (κ2) is 12.1. The first-order valence-corrected chi connectivity index (χ1v) is 12.6. The van der Waals surface area contributed by atoms with Crippen LogP contribution in [0.15, 0.2) is 46.7 Å². The number of hydrogen-bond acceptors (Lipinski definition) is 6. The number of nitrogens with one attached hydrogen (secondary N) is 2. The molecule has 184 valence electrons. The van der Waals surface area contributed by atoms with E-state index in [9.17, 15) is 14.7 Å². The number of carboxylic acids is 1. The van der Waals surface area contributed by atoms with Crippen LogP contribution < -0.4 is 15.4 Å². The van der Waals surface area contributed by atoms with Crippen molar-refractivity contribution in [3.63, 3.8) is 0 Å². The van der Waals surface area contributed by atoms with Crippen LogP contribution in [0.2, 0.25) is 0 Å². The number of ether oxygens (including phenoxy) is 2. The van der Waals surface area contributed by atoms with Crippen LogP contribution in [0.4, 0.5) is 0 Å². The second-order valence-electron chi connectivity index (χ2n) is 8.49. The quantitative estimate of drug-likeness (QED) is 0.436. The Morgan fingerprint density at radius 3 is 2.56 bits per heavy atom. The van der Waals surface area contributed by atoms with Crippen LogP contribution in [0.25, 0.3) is 11.1 Å². The van der Waals surface area contributed by atoms with E-state index >= 15 is 0 Å². The first kappa shape index (κ1) is 25.9. The van der Waals surface area contributed by atoms with E-state index < -0.39 is 18.1 Å². The van der Waals surface area contributed by atoms with E-state index in [-0.39, 0.29) is 30.0 Å². The molecule has 2 aromatic rings. The predicted molar refractivity (Wildman–Crippen MR) is 134 cm³/mol. The Morgan fingerprint density at radius 1 is 1.21 bits per heavy atom. The van der Waals surface area contributed by atoms with Gasteiger partial charge in [-0.05, 0) is 59.4 Å². The van der Waals surface area contributed by atoms with E-state index in [1.807, 2.05) is 31.4 Å². The van der Waals surface area contributed by atoms with Crippen LogP contribution >= 0.6 is 11.3 Å². The molecule has 0 aliphatic heterocycles. The summed E-state index contributed by atoms with van der Waals surface area (Å²) in [6.45, 7) is 5.99. The summed E-state index contributed by atoms with van der Waals surface area (Å²) in [6.07, 6.45) is 2.99. The summed E-state index contributed by atoms with van der Waals surface area (Å²) in [7, 11) is 1.64. The second-order valence-corrected chi connectivity index (χ2v) is 9.27. The summed E-state index contributed by atoms with van der Waals surface area (Å²) in [5.41, 5.74) is 3.45. The van der Waals surface area contributed by atoms with Gasteiger partial charge in [0.25, 0.3) is 0 Å². The molecular weight excluding hydrogens is 452 g/mol. The fourth-order valence-corrected chi connectivity index (χ4v) is 4.97. The topological polar surface area (TPSA) is 96.9 Å². The number of hydrogen-bond donors (Lipinski definition) is 3. The normalized spacial score (nSPS) is 20.1. The van der Waals surface area contributed by atoms with Crippen molar-refractivity contribution in [1.29, 1.82) is 0 Å². The van der Waals surface area contributed by atoms with Crippen molar-refractivity contribution < 1.29 is 24.2 Å². The van der Waals surface area contributed by atoms with Crippen molar-refractivity contribution in [3.05, 3.63) is 52.2 Å². The van der Waals surface area contributed by atoms with Gasteiger partial charge in [-0.15, -0.1) is 0 Å². The first-order valence-electron chi connectivity index (χ1n) is 11.7. The van der Waals surface area contributed by atoms with Gasteiger partial charge in [0.05, 0.1) is 25.4 Å². The maximum absolute atomic E-state index is 12.0. The molecule has 1 heterocycles. The molecule has 0 bridgehead atoms. The number of thiophene rings is 1. The van der Waals surface area contributed by atoms with Crippen molar-refractivity contribution in [3.8, 4) is 16.9 Å². The average molecular weight is 487 g/mol. The number of carboxylic acid groups (broad SMARTS) is 1. The number of rotatable bonds is 11. The van der Waals surface area contributed by atoms with Crippen LogP contribution in [0.3, 0.4) is 0 Å². The average Bonchev–Trinajstić information content (AvgIpc) is 3.36. The number of carbonyl (C=O) groups is 2. The molecule has 0 spiro atoms. The van der Waals surface area contributed by atoms with Crippen LogP contribution in [-0.2, 0) is 20.9 Å². The van der Waals surface area contributed by atoms with Crippen molar-refractivity contribution >= 4 is 23.2 Å². The highest BCUT2D eigenvalue weighted by molar-refractivity contribution is 7.08. The summed E-state index contributed by atoms with van der Waals surface area (Å²) < 4.78 is 11.9. The van der Waals surface area contributed by atoms with E-state index in [4.69, 9.17) is 9.47 Å². The Morgan fingerprint density at radius 2 is 1.97 bits per heavy atom. The van der Waals surface area contributed by atoms with E-state index in [1.165, 1.54) is 6.92 Å². The molecule has 1 aromatic heterocycles. The fraction of sp³-hybridized carbons (Fsp3) is 0.462. The van der Waals surface area contributed by atoms with E-state index in [0.29, 0.717) is 6.54 Å². The Labute approximate surface area is 205 Å². The minimum Gasteiger partial charge on any atom is -0.496 e. The summed E-state index contributed by atoms with van der Waals surface area (Å²) in [5.74, 6) is -0.398. The summed E-state index contributed by atoms with van der Waals surface area (Å²) in [6, 6.07) is 7.43. The van der Waals surface area contributed by atoms with Crippen LogP contribution in [-0.4, -0.2) is 48.4 Å². The van der Waals surface area contributed by atoms with E-state index in [1.54, 1.807) is 24.5 Å². The third kappa shape index (κ3) is 6.46. The lowest BCUT2D eigenvalue weighted by Gasteiger charge is -2.38. The molecule has 3 rings (SSSR count). The van der Waals surface area contributed by atoms with Gasteiger partial charge >= 0.3 is 5.97 Å². The van der Waals surface area contributed by atoms with Crippen molar-refractivity contribution in [2.24, 2.45) is 0 Å². The van der Waals surface area contributed by atoms with Crippen LogP contribution in [0, 0.1) is 0 Å². The molecule has 0 fully saturated rings. The van der Waals surface area contributed by atoms with E-state index in [2.05, 4.69) is 28.1 Å². The highest BCUT2D eigenvalue weighted by Crippen LogP contribution is 2.30. The predicted octanol–water partition coefficient (Wildman–Crippen LogP) is 4.38. The fourth-order valence-electron chi connectivity index (χ4n) is 4.31. The van der Waals surface area contributed by atoms with Gasteiger partial charge in [-0.2, -0.15) is 11.3 Å². The van der Waals surface area contributed by atoms with Gasteiger partial charge in [0.2, 0.25) is 5.91 Å². The number of benzene rings is 1. The molecule has 7 nitrogen and oxygen atoms in total. The molecule has 1 aromatic carbocycles. The molecule has 0 radical (unpaired) electrons. The van der Waals surface area contributed by atoms with Crippen LogP contribution in [0.5, 0.6) is 5.75 Å². The molecule has 0 saturated carbocycles. The molecule has 8 heteroatoms. The third-order valence-electron chi connectivity index (χ3n) is 6.19. The standard InChI is InChI=1S/C26H34N2O5S/c1-5-21(6-2)33-24-13-20(26(30)31)11-22(25(24)28-16(3)29)27-14-18-8-7-17(12-23(18)32-4)19-9-10-34-15-19/h7-10,12-13,15,21-22,24-25,27H,5-6,11,14H2,1-4H3,(H,28,29)(H,30,31)/t22-,24+,25+/m0/s1. The van der Waals surface area contributed by atoms with Gasteiger partial charge in [-0.1, -0.05) is 26.0 Å². The number of amides is 1. The Kier molecular flexibility index (Phi) is 9.27. The number of methoxy groups -OCH3 is 1. The largest absolute Gasteiger partial charge is 0.496 e. The van der Waals surface area contributed by atoms with Crippen molar-refractivity contribution in [2.45, 2.75) is 70.9 Å². The smallest absolute Gasteiger partial charge is 0.331 e. The van der Waals surface area contributed by atoms with Crippen LogP contribution in [0.1, 0.15) is 45.6 Å². The zero-order valence-electron chi connectivity index (χ0n) is 20.2. The maximum atomic E-state index is 12.0. The summed E-state index contributed by atoms with van der Waals surface area (Å²) in [4.78, 5) is 23.9. The highest BCUT2D eigenvalue weighted by Gasteiger charge is 2.37. The molecule has 0 unspecified atom stereocenters. The van der Waals surface area contributed by atoms with Gasteiger partial charge in [0.15, 0.2) is 0 Å². The highest BCUT2D eigenvalue weighted by atomic mass is 32.1. The van der Waals surface area contributed by atoms with Gasteiger partial charge in [0, 0.05) is 30.6 Å². The molecule has 3 atom stereocenters. The molecule has 34 heavy (non-hydrogen) atoms. The molecule has 1 amide bonds. The minimum atomic E-state index is -0.969. The lowest BCUT2D eigenvalue weighted by Crippen LogP contribution is -2.58. The Hall–Kier alpha value is -2.68. The minimum absolute atomic E-state index is 0.0175. The van der Waals surface area contributed by atoms with Gasteiger partial charge in [-0.3, -0.25) is 4.79 Å². The monoisotopic (exact) mass is 486 g/mol. The zero-order valence-corrected chi connectivity index (χ0v) is 21.0. The Bertz CT molecular complexity index is 1000. The third-order valence-corrected chi connectivity index (χ3v) is 6.88. The van der Waals surface area contributed by atoms with Gasteiger partial charge in [0.1, 0.15) is 5.75 Å².